The molecule has 1 amide bonds. The van der Waals surface area contributed by atoms with E-state index in [2.05, 4.69) is 0 Å². The normalized spacial score (nSPS) is 12.1. The number of carbonyl (C=O) groups excluding carboxylic acids is 1. The number of primary amides is 1. The van der Waals surface area contributed by atoms with E-state index < -0.39 is 18.0 Å². The van der Waals surface area contributed by atoms with Gasteiger partial charge in [0, 0.05) is 6.08 Å². The summed E-state index contributed by atoms with van der Waals surface area (Å²) in [6, 6.07) is 4.94. The third kappa shape index (κ3) is 5.18. The number of hydrogen-bond acceptors (Lipinski definition) is 4. The Morgan fingerprint density at radius 3 is 2.57 bits per heavy atom. The molecular weight excluding hydrogens is 274 g/mol. The minimum atomic E-state index is -1.03. The summed E-state index contributed by atoms with van der Waals surface area (Å²) < 4.78 is 11.0. The molecule has 0 heterocycles. The van der Waals surface area contributed by atoms with Gasteiger partial charge < -0.3 is 20.3 Å². The number of aliphatic carboxylic acids is 1. The summed E-state index contributed by atoms with van der Waals surface area (Å²) >= 11 is 0. The summed E-state index contributed by atoms with van der Waals surface area (Å²) in [5.74, 6) is -0.748. The highest BCUT2D eigenvalue weighted by Crippen LogP contribution is 2.30. The van der Waals surface area contributed by atoms with Crippen molar-refractivity contribution >= 4 is 18.0 Å². The highest BCUT2D eigenvalue weighted by molar-refractivity contribution is 5.85. The molecule has 21 heavy (non-hydrogen) atoms. The van der Waals surface area contributed by atoms with Gasteiger partial charge in [0.15, 0.2) is 17.6 Å². The topological polar surface area (TPSA) is 98.8 Å². The zero-order valence-electron chi connectivity index (χ0n) is 12.0. The highest BCUT2D eigenvalue weighted by Gasteiger charge is 2.17. The standard InChI is InChI=1S/C15H19NO5/c1-3-11(15(16)19)21-12-7-5-10(6-8-14(17)18)9-13(12)20-4-2/h5-9,11H,3-4H2,1-2H3,(H2,16,19)(H,17,18). The van der Waals surface area contributed by atoms with Gasteiger partial charge in [0.25, 0.3) is 5.91 Å². The first-order valence-corrected chi connectivity index (χ1v) is 6.61. The molecule has 6 heteroatoms. The second-order valence-corrected chi connectivity index (χ2v) is 4.23. The van der Waals surface area contributed by atoms with E-state index in [9.17, 15) is 9.59 Å². The van der Waals surface area contributed by atoms with E-state index in [0.717, 1.165) is 6.08 Å². The summed E-state index contributed by atoms with van der Waals surface area (Å²) in [6.45, 7) is 4.02. The Bertz CT molecular complexity index is 539. The van der Waals surface area contributed by atoms with Crippen LogP contribution in [0.4, 0.5) is 0 Å². The minimum Gasteiger partial charge on any atom is -0.490 e. The average molecular weight is 293 g/mol. The van der Waals surface area contributed by atoms with Crippen LogP contribution in [0.3, 0.4) is 0 Å². The molecular formula is C15H19NO5. The van der Waals surface area contributed by atoms with E-state index in [1.165, 1.54) is 6.08 Å². The molecule has 0 saturated carbocycles. The third-order valence-electron chi connectivity index (χ3n) is 2.64. The van der Waals surface area contributed by atoms with Crippen LogP contribution in [-0.4, -0.2) is 29.7 Å². The lowest BCUT2D eigenvalue weighted by Crippen LogP contribution is -2.33. The van der Waals surface area contributed by atoms with Crippen molar-refractivity contribution in [2.45, 2.75) is 26.4 Å². The lowest BCUT2D eigenvalue weighted by Gasteiger charge is -2.17. The number of rotatable bonds is 8. The average Bonchev–Trinajstić information content (AvgIpc) is 2.44. The maximum atomic E-state index is 11.2. The zero-order chi connectivity index (χ0) is 15.8. The van der Waals surface area contributed by atoms with Gasteiger partial charge in [-0.2, -0.15) is 0 Å². The van der Waals surface area contributed by atoms with Crippen LogP contribution >= 0.6 is 0 Å². The molecule has 0 saturated heterocycles. The molecule has 0 radical (unpaired) electrons. The number of carbonyl (C=O) groups is 2. The van der Waals surface area contributed by atoms with Gasteiger partial charge in [0.1, 0.15) is 0 Å². The van der Waals surface area contributed by atoms with Crippen molar-refractivity contribution in [2.75, 3.05) is 6.61 Å². The number of carboxylic acid groups (broad SMARTS) is 1. The SMILES string of the molecule is CCOc1cc(C=CC(=O)O)ccc1OC(CC)C(N)=O. The molecule has 1 atom stereocenters. The lowest BCUT2D eigenvalue weighted by atomic mass is 10.2. The van der Waals surface area contributed by atoms with E-state index in [1.54, 1.807) is 25.1 Å². The van der Waals surface area contributed by atoms with Crippen molar-refractivity contribution in [2.24, 2.45) is 5.73 Å². The summed E-state index contributed by atoms with van der Waals surface area (Å²) in [5.41, 5.74) is 5.90. The summed E-state index contributed by atoms with van der Waals surface area (Å²) in [5, 5.41) is 8.62. The van der Waals surface area contributed by atoms with E-state index in [-0.39, 0.29) is 0 Å². The fourth-order valence-corrected chi connectivity index (χ4v) is 1.66. The number of nitrogens with two attached hydrogens (primary N) is 1. The van der Waals surface area contributed by atoms with Crippen LogP contribution in [-0.2, 0) is 9.59 Å². The fraction of sp³-hybridized carbons (Fsp3) is 0.333. The van der Waals surface area contributed by atoms with Gasteiger partial charge in [-0.15, -0.1) is 0 Å². The van der Waals surface area contributed by atoms with Gasteiger partial charge in [-0.05, 0) is 37.1 Å². The van der Waals surface area contributed by atoms with Crippen LogP contribution in [0.15, 0.2) is 24.3 Å². The maximum Gasteiger partial charge on any atom is 0.328 e. The van der Waals surface area contributed by atoms with Crippen molar-refractivity contribution < 1.29 is 24.2 Å². The Labute approximate surface area is 123 Å². The Balaban J connectivity index is 3.03. The summed E-state index contributed by atoms with van der Waals surface area (Å²) in [7, 11) is 0. The first-order valence-electron chi connectivity index (χ1n) is 6.61. The van der Waals surface area contributed by atoms with Crippen LogP contribution < -0.4 is 15.2 Å². The van der Waals surface area contributed by atoms with Gasteiger partial charge >= 0.3 is 5.97 Å². The monoisotopic (exact) mass is 293 g/mol. The van der Waals surface area contributed by atoms with Crippen molar-refractivity contribution in [3.63, 3.8) is 0 Å². The number of carboxylic acids is 1. The highest BCUT2D eigenvalue weighted by atomic mass is 16.5. The van der Waals surface area contributed by atoms with E-state index in [4.69, 9.17) is 20.3 Å². The molecule has 114 valence electrons. The molecule has 1 rings (SSSR count). The zero-order valence-corrected chi connectivity index (χ0v) is 12.0. The molecule has 1 aromatic carbocycles. The van der Waals surface area contributed by atoms with E-state index >= 15 is 0 Å². The van der Waals surface area contributed by atoms with Crippen molar-refractivity contribution in [1.29, 1.82) is 0 Å². The van der Waals surface area contributed by atoms with Gasteiger partial charge in [0.2, 0.25) is 0 Å². The first kappa shape index (κ1) is 16.6. The smallest absolute Gasteiger partial charge is 0.328 e. The van der Waals surface area contributed by atoms with Gasteiger partial charge in [0.05, 0.1) is 6.61 Å². The van der Waals surface area contributed by atoms with E-state index in [0.29, 0.717) is 30.1 Å². The maximum absolute atomic E-state index is 11.2. The van der Waals surface area contributed by atoms with Crippen LogP contribution in [0.2, 0.25) is 0 Å². The molecule has 0 spiro atoms. The number of ether oxygens (including phenoxy) is 2. The number of hydrogen-bond donors (Lipinski definition) is 2. The predicted molar refractivity (Wildman–Crippen MR) is 78.2 cm³/mol. The van der Waals surface area contributed by atoms with Gasteiger partial charge in [-0.25, -0.2) is 4.79 Å². The minimum absolute atomic E-state index is 0.398. The molecule has 0 aliphatic rings. The van der Waals surface area contributed by atoms with Crippen LogP contribution in [0.1, 0.15) is 25.8 Å². The lowest BCUT2D eigenvalue weighted by molar-refractivity contribution is -0.131. The Hall–Kier alpha value is -2.50. The molecule has 0 aliphatic heterocycles. The largest absolute Gasteiger partial charge is 0.490 e. The second-order valence-electron chi connectivity index (χ2n) is 4.23. The number of benzene rings is 1. The van der Waals surface area contributed by atoms with Crippen LogP contribution in [0.5, 0.6) is 11.5 Å². The first-order chi connectivity index (χ1) is 9.97. The van der Waals surface area contributed by atoms with Crippen LogP contribution in [0.25, 0.3) is 6.08 Å². The quantitative estimate of drug-likeness (QED) is 0.712. The Kier molecular flexibility index (Phi) is 6.26. The predicted octanol–water partition coefficient (Wildman–Crippen LogP) is 1.83. The Morgan fingerprint density at radius 2 is 2.05 bits per heavy atom. The summed E-state index contributed by atoms with van der Waals surface area (Å²) in [4.78, 5) is 21.7. The molecule has 0 aliphatic carbocycles. The Morgan fingerprint density at radius 1 is 1.33 bits per heavy atom. The van der Waals surface area contributed by atoms with Crippen LogP contribution in [0, 0.1) is 0 Å². The second kappa shape index (κ2) is 7.94. The molecule has 1 aromatic rings. The number of amides is 1. The van der Waals surface area contributed by atoms with E-state index in [1.807, 2.05) is 6.92 Å². The molecule has 0 bridgehead atoms. The molecule has 3 N–H and O–H groups in total. The fourth-order valence-electron chi connectivity index (χ4n) is 1.66. The third-order valence-corrected chi connectivity index (χ3v) is 2.64. The van der Waals surface area contributed by atoms with Gasteiger partial charge in [-0.3, -0.25) is 4.79 Å². The van der Waals surface area contributed by atoms with Crippen molar-refractivity contribution in [3.05, 3.63) is 29.8 Å². The molecule has 1 unspecified atom stereocenters. The molecule has 6 nitrogen and oxygen atoms in total. The molecule has 0 fully saturated rings. The van der Waals surface area contributed by atoms with Gasteiger partial charge in [-0.1, -0.05) is 13.0 Å². The van der Waals surface area contributed by atoms with Crippen molar-refractivity contribution in [3.8, 4) is 11.5 Å². The summed E-state index contributed by atoms with van der Waals surface area (Å²) in [6.07, 6.45) is 2.19. The molecule has 0 aromatic heterocycles. The van der Waals surface area contributed by atoms with Crippen molar-refractivity contribution in [1.82, 2.24) is 0 Å².